The van der Waals surface area contributed by atoms with Crippen LogP contribution in [-0.2, 0) is 24.3 Å². The minimum absolute atomic E-state index is 0.230. The standard InChI is InChI=1S/C16H14ClFN4O3/c1-24-8-13-19-10-7-21(5-4-11(10)25-13)16(23)14-15(18)22-6-9(17)2-3-12(22)20-14/h2-3,6H,4-5,7-8H2,1H3. The summed E-state index contributed by atoms with van der Waals surface area (Å²) in [6.45, 7) is 0.916. The van der Waals surface area contributed by atoms with Crippen molar-refractivity contribution in [2.24, 2.45) is 0 Å². The van der Waals surface area contributed by atoms with Gasteiger partial charge in [-0.05, 0) is 12.1 Å². The first-order chi connectivity index (χ1) is 12.1. The topological polar surface area (TPSA) is 72.9 Å². The lowest BCUT2D eigenvalue weighted by Crippen LogP contribution is -2.36. The summed E-state index contributed by atoms with van der Waals surface area (Å²) >= 11 is 5.87. The number of fused-ring (bicyclic) bond motifs is 2. The van der Waals surface area contributed by atoms with Crippen molar-refractivity contribution in [3.8, 4) is 0 Å². The lowest BCUT2D eigenvalue weighted by atomic mass is 10.1. The van der Waals surface area contributed by atoms with Gasteiger partial charge in [-0.15, -0.1) is 0 Å². The number of carbonyl (C=O) groups excluding carboxylic acids is 1. The van der Waals surface area contributed by atoms with E-state index in [0.717, 1.165) is 10.2 Å². The average Bonchev–Trinajstić information content (AvgIpc) is 3.15. The Bertz CT molecular complexity index is 968. The van der Waals surface area contributed by atoms with E-state index in [1.54, 1.807) is 19.2 Å². The molecule has 0 saturated carbocycles. The highest BCUT2D eigenvalue weighted by atomic mass is 35.5. The summed E-state index contributed by atoms with van der Waals surface area (Å²) in [6, 6.07) is 3.16. The molecule has 7 nitrogen and oxygen atoms in total. The normalized spacial score (nSPS) is 14.1. The summed E-state index contributed by atoms with van der Waals surface area (Å²) in [7, 11) is 1.55. The lowest BCUT2D eigenvalue weighted by molar-refractivity contribution is 0.0717. The summed E-state index contributed by atoms with van der Waals surface area (Å²) in [5.41, 5.74) is 0.761. The van der Waals surface area contributed by atoms with Crippen LogP contribution >= 0.6 is 11.6 Å². The Balaban J connectivity index is 1.62. The lowest BCUT2D eigenvalue weighted by Gasteiger charge is -2.24. The molecule has 0 aromatic carbocycles. The molecule has 1 amide bonds. The van der Waals surface area contributed by atoms with Gasteiger partial charge in [-0.2, -0.15) is 4.39 Å². The second kappa shape index (κ2) is 6.12. The van der Waals surface area contributed by atoms with Crippen LogP contribution in [0, 0.1) is 5.95 Å². The van der Waals surface area contributed by atoms with Gasteiger partial charge in [0.05, 0.1) is 11.6 Å². The fraction of sp³-hybridized carbons (Fsp3) is 0.312. The largest absolute Gasteiger partial charge is 0.443 e. The van der Waals surface area contributed by atoms with Crippen LogP contribution in [0.15, 0.2) is 22.7 Å². The van der Waals surface area contributed by atoms with E-state index in [1.807, 2.05) is 0 Å². The Morgan fingerprint density at radius 1 is 1.44 bits per heavy atom. The van der Waals surface area contributed by atoms with Gasteiger partial charge in [0.1, 0.15) is 23.7 Å². The highest BCUT2D eigenvalue weighted by Crippen LogP contribution is 2.23. The number of methoxy groups -OCH3 is 1. The van der Waals surface area contributed by atoms with Gasteiger partial charge in [0.25, 0.3) is 5.91 Å². The second-order valence-corrected chi connectivity index (χ2v) is 6.15. The summed E-state index contributed by atoms with van der Waals surface area (Å²) in [5, 5.41) is 0.360. The third kappa shape index (κ3) is 2.77. The number of nitrogens with zero attached hydrogens (tertiary/aromatic N) is 4. The molecule has 130 valence electrons. The maximum absolute atomic E-state index is 14.6. The van der Waals surface area contributed by atoms with Crippen molar-refractivity contribution in [3.05, 3.63) is 52.3 Å². The minimum atomic E-state index is -0.728. The Morgan fingerprint density at radius 2 is 2.28 bits per heavy atom. The van der Waals surface area contributed by atoms with Crippen molar-refractivity contribution in [2.75, 3.05) is 13.7 Å². The molecule has 4 heterocycles. The van der Waals surface area contributed by atoms with Crippen LogP contribution in [0.2, 0.25) is 5.02 Å². The fourth-order valence-electron chi connectivity index (χ4n) is 2.89. The first-order valence-corrected chi connectivity index (χ1v) is 8.03. The van der Waals surface area contributed by atoms with E-state index < -0.39 is 11.9 Å². The molecule has 1 aliphatic rings. The number of hydrogen-bond donors (Lipinski definition) is 0. The summed E-state index contributed by atoms with van der Waals surface area (Å²) < 4.78 is 26.3. The van der Waals surface area contributed by atoms with E-state index in [4.69, 9.17) is 20.8 Å². The van der Waals surface area contributed by atoms with Crippen molar-refractivity contribution >= 4 is 23.2 Å². The number of oxazole rings is 1. The van der Waals surface area contributed by atoms with E-state index in [2.05, 4.69) is 9.97 Å². The van der Waals surface area contributed by atoms with E-state index in [1.165, 1.54) is 11.1 Å². The van der Waals surface area contributed by atoms with Gasteiger partial charge in [0, 0.05) is 26.3 Å². The first kappa shape index (κ1) is 16.0. The van der Waals surface area contributed by atoms with E-state index in [0.29, 0.717) is 35.2 Å². The number of halogens is 2. The monoisotopic (exact) mass is 364 g/mol. The van der Waals surface area contributed by atoms with Gasteiger partial charge < -0.3 is 14.1 Å². The third-order valence-corrected chi connectivity index (χ3v) is 4.28. The van der Waals surface area contributed by atoms with Crippen molar-refractivity contribution in [1.29, 1.82) is 0 Å². The van der Waals surface area contributed by atoms with Gasteiger partial charge >= 0.3 is 0 Å². The SMILES string of the molecule is COCc1nc2c(o1)CCN(C(=O)c1nc3ccc(Cl)cn3c1F)C2. The van der Waals surface area contributed by atoms with Crippen LogP contribution in [0.25, 0.3) is 5.65 Å². The van der Waals surface area contributed by atoms with Gasteiger partial charge in [-0.25, -0.2) is 9.97 Å². The maximum Gasteiger partial charge on any atom is 0.277 e. The van der Waals surface area contributed by atoms with Gasteiger partial charge in [-0.1, -0.05) is 11.6 Å². The number of rotatable bonds is 3. The molecule has 1 aliphatic heterocycles. The molecule has 0 fully saturated rings. The molecule has 0 spiro atoms. The zero-order valence-electron chi connectivity index (χ0n) is 13.3. The molecule has 0 N–H and O–H groups in total. The second-order valence-electron chi connectivity index (χ2n) is 5.71. The van der Waals surface area contributed by atoms with Gasteiger partial charge in [0.15, 0.2) is 5.69 Å². The summed E-state index contributed by atoms with van der Waals surface area (Å²) in [6.07, 6.45) is 1.90. The molecular formula is C16H14ClFN4O3. The molecule has 9 heteroatoms. The number of amides is 1. The quantitative estimate of drug-likeness (QED) is 0.713. The van der Waals surface area contributed by atoms with Crippen LogP contribution in [0.4, 0.5) is 4.39 Å². The number of pyridine rings is 1. The summed E-state index contributed by atoms with van der Waals surface area (Å²) in [4.78, 5) is 22.6. The number of imidazole rings is 1. The molecule has 0 saturated heterocycles. The number of aromatic nitrogens is 3. The van der Waals surface area contributed by atoms with Crippen molar-refractivity contribution in [1.82, 2.24) is 19.3 Å². The van der Waals surface area contributed by atoms with E-state index in [9.17, 15) is 9.18 Å². The highest BCUT2D eigenvalue weighted by Gasteiger charge is 2.30. The van der Waals surface area contributed by atoms with Gasteiger partial charge in [-0.3, -0.25) is 9.20 Å². The predicted molar refractivity (Wildman–Crippen MR) is 85.8 cm³/mol. The molecule has 4 rings (SSSR count). The fourth-order valence-corrected chi connectivity index (χ4v) is 3.05. The van der Waals surface area contributed by atoms with Crippen LogP contribution < -0.4 is 0 Å². The first-order valence-electron chi connectivity index (χ1n) is 7.65. The van der Waals surface area contributed by atoms with Crippen LogP contribution in [0.3, 0.4) is 0 Å². The van der Waals surface area contributed by atoms with Crippen LogP contribution in [0.1, 0.15) is 27.8 Å². The molecule has 0 unspecified atom stereocenters. The Morgan fingerprint density at radius 3 is 3.08 bits per heavy atom. The van der Waals surface area contributed by atoms with Crippen LogP contribution in [-0.4, -0.2) is 38.8 Å². The van der Waals surface area contributed by atoms with E-state index in [-0.39, 0.29) is 18.8 Å². The van der Waals surface area contributed by atoms with E-state index >= 15 is 0 Å². The maximum atomic E-state index is 14.6. The van der Waals surface area contributed by atoms with Gasteiger partial charge in [0.2, 0.25) is 11.8 Å². The smallest absolute Gasteiger partial charge is 0.277 e. The zero-order valence-corrected chi connectivity index (χ0v) is 14.1. The Labute approximate surface area is 147 Å². The molecule has 3 aromatic heterocycles. The molecule has 0 bridgehead atoms. The molecule has 0 atom stereocenters. The van der Waals surface area contributed by atoms with Crippen molar-refractivity contribution in [2.45, 2.75) is 19.6 Å². The molecule has 25 heavy (non-hydrogen) atoms. The number of hydrogen-bond acceptors (Lipinski definition) is 5. The molecular weight excluding hydrogens is 351 g/mol. The van der Waals surface area contributed by atoms with Crippen molar-refractivity contribution in [3.63, 3.8) is 0 Å². The Kier molecular flexibility index (Phi) is 3.93. The molecule has 0 radical (unpaired) electrons. The van der Waals surface area contributed by atoms with Crippen molar-refractivity contribution < 1.29 is 18.3 Å². The minimum Gasteiger partial charge on any atom is -0.443 e. The number of ether oxygens (including phenoxy) is 1. The third-order valence-electron chi connectivity index (χ3n) is 4.05. The predicted octanol–water partition coefficient (Wildman–Crippen LogP) is 2.46. The highest BCUT2D eigenvalue weighted by molar-refractivity contribution is 6.30. The molecule has 3 aromatic rings. The summed E-state index contributed by atoms with van der Waals surface area (Å²) in [5.74, 6) is -0.0125. The van der Waals surface area contributed by atoms with Crippen LogP contribution in [0.5, 0.6) is 0 Å². The Hall–Kier alpha value is -2.45. The molecule has 0 aliphatic carbocycles. The zero-order chi connectivity index (χ0) is 17.6. The number of carbonyl (C=O) groups is 1. The average molecular weight is 365 g/mol.